The number of hydrogen-bond acceptors (Lipinski definition) is 34. The van der Waals surface area contributed by atoms with Crippen LogP contribution in [-0.4, -0.2) is 279 Å². The maximum Gasteiger partial charge on any atom is 0.309 e. The van der Waals surface area contributed by atoms with Crippen molar-refractivity contribution in [2.24, 2.45) is 35.5 Å². The van der Waals surface area contributed by atoms with Crippen molar-refractivity contribution in [1.29, 1.82) is 0 Å². The molecule has 0 amide bonds. The number of esters is 10. The number of aliphatic hydroxyl groups is 12. The van der Waals surface area contributed by atoms with Crippen LogP contribution in [-0.2, 0) is 105 Å². The van der Waals surface area contributed by atoms with Crippen LogP contribution < -0.4 is 0 Å². The maximum atomic E-state index is 11.7. The number of carbonyl (C=O) groups excluding carboxylic acids is 10. The Morgan fingerprint density at radius 3 is 0.830 bits per heavy atom. The minimum atomic E-state index is -1.66. The first-order chi connectivity index (χ1) is 64.4. The molecule has 10 heterocycles. The van der Waals surface area contributed by atoms with Crippen molar-refractivity contribution in [2.45, 2.75) is 475 Å². The molecule has 10 fully saturated rings. The second-order valence-electron chi connectivity index (χ2n) is 39.9. The third kappa shape index (κ3) is 53.4. The van der Waals surface area contributed by atoms with E-state index in [-0.39, 0.29) is 148 Å². The lowest BCUT2D eigenvalue weighted by atomic mass is 9.85. The molecule has 14 N–H and O–H groups in total. The van der Waals surface area contributed by atoms with Crippen LogP contribution in [0.2, 0.25) is 0 Å². The number of hydrogen-bond donors (Lipinski definition) is 14. The Bertz CT molecular complexity index is 3150. The Morgan fingerprint density at radius 1 is 0.274 bits per heavy atom. The van der Waals surface area contributed by atoms with Crippen LogP contribution in [0.25, 0.3) is 0 Å². The second kappa shape index (κ2) is 65.2. The third-order valence-corrected chi connectivity index (χ3v) is 27.6. The summed E-state index contributed by atoms with van der Waals surface area (Å²) in [6, 6.07) is 0. The standard InChI is InChI=1S/C23H36O12.4C19H32O6/c24-14(4-6-16-8-22(32,10-18(26)27)12-20(30)34-16)2-1-3-15(25)5-7-17-9-23(33,11-19(28)29)13-21(31)35-17;20-16(10-8-14-4-2-12-24-18(14)22)6-1-7-17(21)11-9-15-5-3-13-25-19(15)23;20-14(10-12-16-6-2-8-18(22)24-16)4-1-5-15(21)11-13-17-7-3-9-19(23)25-17;20-16(8-4-14-6-10-18(22)24-12-14)2-1-3-17(21)9-5-15-7-11-19(23)25-13-15;20-16(6-4-14-8-10-24-18(22)12-14)2-1-3-17(21)7-5-15-9-11-25-19(23)13-15/h14-17,24-25,32-33H,1-13H2,(H,26,27)(H,28,29);4*14-17,20-21H,1-13H2. The van der Waals surface area contributed by atoms with E-state index in [1.54, 1.807) is 0 Å². The van der Waals surface area contributed by atoms with Crippen molar-refractivity contribution in [2.75, 3.05) is 39.6 Å². The molecule has 36 nitrogen and oxygen atoms in total. The van der Waals surface area contributed by atoms with Gasteiger partial charge in [0.15, 0.2) is 0 Å². The molecule has 36 heteroatoms. The number of carboxylic acid groups (broad SMARTS) is 2. The van der Waals surface area contributed by atoms with Crippen LogP contribution in [0.3, 0.4) is 0 Å². The Labute approximate surface area is 795 Å². The minimum Gasteiger partial charge on any atom is -0.481 e. The van der Waals surface area contributed by atoms with E-state index < -0.39 is 96.8 Å². The molecule has 135 heavy (non-hydrogen) atoms. The van der Waals surface area contributed by atoms with Gasteiger partial charge in [-0.1, -0.05) is 0 Å². The van der Waals surface area contributed by atoms with Gasteiger partial charge in [-0.3, -0.25) is 57.5 Å². The Balaban J connectivity index is 0.000000261. The van der Waals surface area contributed by atoms with Gasteiger partial charge in [0.1, 0.15) is 24.4 Å². The molecule has 0 aromatic rings. The normalized spacial score (nSPS) is 27.7. The summed E-state index contributed by atoms with van der Waals surface area (Å²) in [4.78, 5) is 135. The fraction of sp³-hybridized carbons (Fsp3) is 0.879. The zero-order chi connectivity index (χ0) is 98.5. The van der Waals surface area contributed by atoms with E-state index in [0.29, 0.717) is 237 Å². The van der Waals surface area contributed by atoms with Crippen molar-refractivity contribution in [3.63, 3.8) is 0 Å². The first-order valence-electron chi connectivity index (χ1n) is 50.8. The molecule has 0 radical (unpaired) electrons. The first kappa shape index (κ1) is 117. The third-order valence-electron chi connectivity index (χ3n) is 27.6. The number of rotatable bonds is 54. The minimum absolute atomic E-state index is 0.0101. The van der Waals surface area contributed by atoms with Gasteiger partial charge < -0.3 is 119 Å². The Morgan fingerprint density at radius 2 is 0.556 bits per heavy atom. The van der Waals surface area contributed by atoms with Crippen molar-refractivity contribution < 1.29 is 176 Å². The summed E-state index contributed by atoms with van der Waals surface area (Å²) in [5, 5.41) is 139. The SMILES string of the molecule is O=C(O)CC1(O)CC(=O)OC(CCC(O)CCCC(O)CCC2CC(O)(CC(=O)O)CC(=O)O2)C1.O=C1CC(CCC(O)CCCC(O)CCC2CCOC(=O)C2)CCO1.O=C1CCC(CCC(O)CCCC(O)CCC2CCC(=O)OC2)CO1.O=C1CCCC(CCC(O)CCCC(O)CCC2CCCC(=O)O2)O1.O=C1OCCCC1CCC(O)CCCC(O)CCC1CCCOC1=O. The van der Waals surface area contributed by atoms with E-state index in [9.17, 15) is 119 Å². The molecule has 0 saturated carbocycles. The van der Waals surface area contributed by atoms with E-state index in [4.69, 9.17) is 57.6 Å². The molecule has 10 saturated heterocycles. The van der Waals surface area contributed by atoms with Gasteiger partial charge in [-0.15, -0.1) is 0 Å². The van der Waals surface area contributed by atoms with Crippen LogP contribution in [0, 0.1) is 35.5 Å². The fourth-order valence-electron chi connectivity index (χ4n) is 19.4. The van der Waals surface area contributed by atoms with Crippen LogP contribution in [0.15, 0.2) is 0 Å². The smallest absolute Gasteiger partial charge is 0.309 e. The van der Waals surface area contributed by atoms with Crippen LogP contribution in [0.5, 0.6) is 0 Å². The largest absolute Gasteiger partial charge is 0.481 e. The van der Waals surface area contributed by atoms with Crippen molar-refractivity contribution >= 4 is 71.6 Å². The van der Waals surface area contributed by atoms with Gasteiger partial charge in [0.25, 0.3) is 0 Å². The van der Waals surface area contributed by atoms with Crippen LogP contribution in [0.1, 0.15) is 379 Å². The van der Waals surface area contributed by atoms with E-state index in [2.05, 4.69) is 0 Å². The monoisotopic (exact) mass is 1930 g/mol. The molecule has 22 atom stereocenters. The second-order valence-corrected chi connectivity index (χ2v) is 39.9. The number of carbonyl (C=O) groups is 12. The van der Waals surface area contributed by atoms with Gasteiger partial charge >= 0.3 is 71.6 Å². The molecule has 0 aromatic carbocycles. The lowest BCUT2D eigenvalue weighted by Gasteiger charge is -2.35. The molecular formula is C99H164O36. The van der Waals surface area contributed by atoms with E-state index in [1.165, 1.54) is 0 Å². The summed E-state index contributed by atoms with van der Waals surface area (Å²) in [6.45, 7) is 3.03. The number of carboxylic acids is 2. The molecule has 10 aliphatic rings. The zero-order valence-corrected chi connectivity index (χ0v) is 79.8. The van der Waals surface area contributed by atoms with Crippen molar-refractivity contribution in [3.8, 4) is 0 Å². The van der Waals surface area contributed by atoms with Crippen molar-refractivity contribution in [1.82, 2.24) is 0 Å². The topological polar surface area (TPSA) is 580 Å². The summed E-state index contributed by atoms with van der Waals surface area (Å²) >= 11 is 0. The van der Waals surface area contributed by atoms with Crippen molar-refractivity contribution in [3.05, 3.63) is 0 Å². The van der Waals surface area contributed by atoms with Crippen LogP contribution in [0.4, 0.5) is 0 Å². The quantitative estimate of drug-likeness (QED) is 0.0199. The first-order valence-corrected chi connectivity index (χ1v) is 50.8. The summed E-state index contributed by atoms with van der Waals surface area (Å²) in [6.07, 6.45) is 27.9. The molecule has 0 aliphatic carbocycles. The summed E-state index contributed by atoms with van der Waals surface area (Å²) in [5.41, 5.74) is -3.31. The molecule has 0 aromatic heterocycles. The molecule has 22 unspecified atom stereocenters. The Kier molecular flexibility index (Phi) is 56.5. The van der Waals surface area contributed by atoms with E-state index in [1.807, 2.05) is 0 Å². The van der Waals surface area contributed by atoms with Gasteiger partial charge in [0.2, 0.25) is 0 Å². The molecular weight excluding hydrogens is 1770 g/mol. The summed E-state index contributed by atoms with van der Waals surface area (Å²) < 4.78 is 50.8. The van der Waals surface area contributed by atoms with E-state index >= 15 is 0 Å². The number of aliphatic hydroxyl groups excluding tert-OH is 10. The Hall–Kier alpha value is -6.84. The highest BCUT2D eigenvalue weighted by molar-refractivity contribution is 5.77. The highest BCUT2D eigenvalue weighted by Crippen LogP contribution is 2.36. The van der Waals surface area contributed by atoms with Gasteiger partial charge in [0, 0.05) is 51.4 Å². The van der Waals surface area contributed by atoms with Gasteiger partial charge in [-0.25, -0.2) is 0 Å². The van der Waals surface area contributed by atoms with Gasteiger partial charge in [-0.05, 0) is 325 Å². The molecule has 0 spiro atoms. The lowest BCUT2D eigenvalue weighted by Crippen LogP contribution is -2.44. The highest BCUT2D eigenvalue weighted by atomic mass is 16.6. The number of ether oxygens (including phenoxy) is 10. The highest BCUT2D eigenvalue weighted by Gasteiger charge is 2.44. The van der Waals surface area contributed by atoms with E-state index in [0.717, 1.165) is 141 Å². The fourth-order valence-corrected chi connectivity index (χ4v) is 19.4. The van der Waals surface area contributed by atoms with Gasteiger partial charge in [0.05, 0.1) is 149 Å². The predicted octanol–water partition coefficient (Wildman–Crippen LogP) is 9.93. The summed E-state index contributed by atoms with van der Waals surface area (Å²) in [5.74, 6) is -3.46. The number of aliphatic carboxylic acids is 2. The van der Waals surface area contributed by atoms with Crippen LogP contribution >= 0.6 is 0 Å². The summed E-state index contributed by atoms with van der Waals surface area (Å²) in [7, 11) is 0. The van der Waals surface area contributed by atoms with Gasteiger partial charge in [-0.2, -0.15) is 0 Å². The average molecular weight is 1930 g/mol. The molecule has 0 bridgehead atoms. The number of cyclic esters (lactones) is 10. The molecule has 776 valence electrons. The lowest BCUT2D eigenvalue weighted by molar-refractivity contribution is -0.176. The molecule has 10 rings (SSSR count). The molecule has 10 aliphatic heterocycles. The zero-order valence-electron chi connectivity index (χ0n) is 79.8. The predicted molar refractivity (Wildman–Crippen MR) is 484 cm³/mol. The average Bonchev–Trinajstić information content (AvgIpc) is 0.825. The maximum absolute atomic E-state index is 11.7.